The molecule has 0 aromatic heterocycles. The van der Waals surface area contributed by atoms with Crippen LogP contribution in [0.4, 0.5) is 5.69 Å². The lowest BCUT2D eigenvalue weighted by Crippen LogP contribution is -2.26. The Morgan fingerprint density at radius 1 is 0.862 bits per heavy atom. The highest BCUT2D eigenvalue weighted by Gasteiger charge is 2.16. The molecule has 1 amide bonds. The van der Waals surface area contributed by atoms with Gasteiger partial charge in [0, 0.05) is 11.3 Å². The minimum Gasteiger partial charge on any atom is -0.346 e. The molecule has 0 aliphatic heterocycles. The van der Waals surface area contributed by atoms with Gasteiger partial charge in [-0.05, 0) is 73.9 Å². The molecule has 0 bridgehead atoms. The highest BCUT2D eigenvalue weighted by molar-refractivity contribution is 7.92. The van der Waals surface area contributed by atoms with Crippen LogP contribution in [-0.2, 0) is 10.0 Å². The molecular weight excluding hydrogens is 384 g/mol. The molecule has 3 rings (SSSR count). The van der Waals surface area contributed by atoms with Gasteiger partial charge in [0.2, 0.25) is 0 Å². The predicted molar refractivity (Wildman–Crippen MR) is 115 cm³/mol. The van der Waals surface area contributed by atoms with E-state index < -0.39 is 10.0 Å². The standard InChI is InChI=1S/C23H24N2O3S/c1-16-9-14-22(15-17(16)2)29(27,28)25-21-12-10-20(11-13-21)23(26)24-18(3)19-7-5-4-6-8-19/h4-15,18,25H,1-3H3,(H,24,26). The SMILES string of the molecule is Cc1ccc(S(=O)(=O)Nc2ccc(C(=O)NC(C)c3ccccc3)cc2)cc1C. The van der Waals surface area contributed by atoms with Crippen LogP contribution < -0.4 is 10.0 Å². The largest absolute Gasteiger partial charge is 0.346 e. The Kier molecular flexibility index (Phi) is 6.03. The predicted octanol–water partition coefficient (Wildman–Crippen LogP) is 4.60. The monoisotopic (exact) mass is 408 g/mol. The maximum atomic E-state index is 12.6. The van der Waals surface area contributed by atoms with Gasteiger partial charge in [0.1, 0.15) is 0 Å². The van der Waals surface area contributed by atoms with Crippen LogP contribution in [0, 0.1) is 13.8 Å². The van der Waals surface area contributed by atoms with E-state index in [2.05, 4.69) is 10.0 Å². The van der Waals surface area contributed by atoms with Crippen LogP contribution >= 0.6 is 0 Å². The maximum absolute atomic E-state index is 12.6. The molecule has 0 saturated carbocycles. The van der Waals surface area contributed by atoms with Crippen LogP contribution in [0.25, 0.3) is 0 Å². The number of hydrogen-bond donors (Lipinski definition) is 2. The molecule has 0 spiro atoms. The zero-order valence-corrected chi connectivity index (χ0v) is 17.5. The van der Waals surface area contributed by atoms with Gasteiger partial charge in [0.15, 0.2) is 0 Å². The molecular formula is C23H24N2O3S. The normalized spacial score (nSPS) is 12.2. The van der Waals surface area contributed by atoms with Crippen molar-refractivity contribution in [1.82, 2.24) is 5.32 Å². The number of sulfonamides is 1. The summed E-state index contributed by atoms with van der Waals surface area (Å²) in [4.78, 5) is 12.7. The van der Waals surface area contributed by atoms with E-state index in [9.17, 15) is 13.2 Å². The van der Waals surface area contributed by atoms with Gasteiger partial charge in [0.05, 0.1) is 10.9 Å². The average Bonchev–Trinajstić information content (AvgIpc) is 2.70. The highest BCUT2D eigenvalue weighted by Crippen LogP contribution is 2.20. The topological polar surface area (TPSA) is 75.3 Å². The molecule has 3 aromatic carbocycles. The molecule has 1 unspecified atom stereocenters. The van der Waals surface area contributed by atoms with E-state index in [0.29, 0.717) is 11.3 Å². The van der Waals surface area contributed by atoms with Crippen molar-refractivity contribution in [2.45, 2.75) is 31.7 Å². The summed E-state index contributed by atoms with van der Waals surface area (Å²) in [5.41, 5.74) is 3.81. The van der Waals surface area contributed by atoms with Crippen LogP contribution in [0.3, 0.4) is 0 Å². The van der Waals surface area contributed by atoms with Gasteiger partial charge >= 0.3 is 0 Å². The number of carbonyl (C=O) groups excluding carboxylic acids is 1. The summed E-state index contributed by atoms with van der Waals surface area (Å²) in [7, 11) is -3.69. The van der Waals surface area contributed by atoms with Gasteiger partial charge in [0.25, 0.3) is 15.9 Å². The lowest BCUT2D eigenvalue weighted by atomic mass is 10.1. The van der Waals surface area contributed by atoms with Gasteiger partial charge in [-0.15, -0.1) is 0 Å². The van der Waals surface area contributed by atoms with Crippen molar-refractivity contribution < 1.29 is 13.2 Å². The van der Waals surface area contributed by atoms with Crippen LogP contribution in [0.15, 0.2) is 77.7 Å². The molecule has 1 atom stereocenters. The first kappa shape index (κ1) is 20.6. The molecule has 5 nitrogen and oxygen atoms in total. The molecule has 2 N–H and O–H groups in total. The smallest absolute Gasteiger partial charge is 0.261 e. The summed E-state index contributed by atoms with van der Waals surface area (Å²) in [6, 6.07) is 20.9. The van der Waals surface area contributed by atoms with Crippen molar-refractivity contribution in [2.24, 2.45) is 0 Å². The zero-order chi connectivity index (χ0) is 21.0. The Morgan fingerprint density at radius 3 is 2.14 bits per heavy atom. The number of benzene rings is 3. The fourth-order valence-electron chi connectivity index (χ4n) is 2.89. The Balaban J connectivity index is 1.69. The summed E-state index contributed by atoms with van der Waals surface area (Å²) in [6.07, 6.45) is 0. The van der Waals surface area contributed by atoms with Crippen LogP contribution in [0.5, 0.6) is 0 Å². The quantitative estimate of drug-likeness (QED) is 0.626. The van der Waals surface area contributed by atoms with Crippen LogP contribution in [0.1, 0.15) is 40.0 Å². The second-order valence-corrected chi connectivity index (χ2v) is 8.72. The molecule has 0 radical (unpaired) electrons. The first-order valence-electron chi connectivity index (χ1n) is 9.32. The van der Waals surface area contributed by atoms with Gasteiger partial charge < -0.3 is 5.32 Å². The number of anilines is 1. The molecule has 3 aromatic rings. The second kappa shape index (κ2) is 8.49. The van der Waals surface area contributed by atoms with Crippen LogP contribution in [-0.4, -0.2) is 14.3 Å². The lowest BCUT2D eigenvalue weighted by molar-refractivity contribution is 0.0940. The minimum atomic E-state index is -3.69. The minimum absolute atomic E-state index is 0.133. The van der Waals surface area contributed by atoms with Gasteiger partial charge in [-0.25, -0.2) is 8.42 Å². The molecule has 0 saturated heterocycles. The van der Waals surface area contributed by atoms with E-state index in [1.807, 2.05) is 51.1 Å². The Bertz CT molecular complexity index is 1110. The van der Waals surface area contributed by atoms with E-state index in [1.54, 1.807) is 42.5 Å². The van der Waals surface area contributed by atoms with E-state index in [0.717, 1.165) is 16.7 Å². The number of rotatable bonds is 6. The number of nitrogens with one attached hydrogen (secondary N) is 2. The first-order valence-corrected chi connectivity index (χ1v) is 10.8. The first-order chi connectivity index (χ1) is 13.8. The second-order valence-electron chi connectivity index (χ2n) is 7.03. The Labute approximate surface area is 171 Å². The summed E-state index contributed by atoms with van der Waals surface area (Å²) in [6.45, 7) is 5.72. The Hall–Kier alpha value is -3.12. The van der Waals surface area contributed by atoms with Gasteiger partial charge in [-0.2, -0.15) is 0 Å². The molecule has 29 heavy (non-hydrogen) atoms. The van der Waals surface area contributed by atoms with Gasteiger partial charge in [-0.3, -0.25) is 9.52 Å². The molecule has 150 valence electrons. The summed E-state index contributed by atoms with van der Waals surface area (Å²) in [5.74, 6) is -0.218. The third kappa shape index (κ3) is 5.03. The lowest BCUT2D eigenvalue weighted by Gasteiger charge is -2.15. The number of amides is 1. The molecule has 0 aliphatic carbocycles. The van der Waals surface area contributed by atoms with E-state index in [-0.39, 0.29) is 16.8 Å². The molecule has 0 aliphatic rings. The van der Waals surface area contributed by atoms with Crippen molar-refractivity contribution in [2.75, 3.05) is 4.72 Å². The molecule has 0 fully saturated rings. The fraction of sp³-hybridized carbons (Fsp3) is 0.174. The average molecular weight is 409 g/mol. The maximum Gasteiger partial charge on any atom is 0.261 e. The number of hydrogen-bond acceptors (Lipinski definition) is 3. The van der Waals surface area contributed by atoms with E-state index in [1.165, 1.54) is 0 Å². The Morgan fingerprint density at radius 2 is 1.52 bits per heavy atom. The summed E-state index contributed by atoms with van der Waals surface area (Å²) >= 11 is 0. The summed E-state index contributed by atoms with van der Waals surface area (Å²) in [5, 5.41) is 2.94. The van der Waals surface area contributed by atoms with Crippen molar-refractivity contribution >= 4 is 21.6 Å². The van der Waals surface area contributed by atoms with Crippen molar-refractivity contribution in [3.8, 4) is 0 Å². The van der Waals surface area contributed by atoms with Crippen molar-refractivity contribution in [1.29, 1.82) is 0 Å². The van der Waals surface area contributed by atoms with Crippen molar-refractivity contribution in [3.05, 3.63) is 95.1 Å². The van der Waals surface area contributed by atoms with E-state index in [4.69, 9.17) is 0 Å². The summed E-state index contributed by atoms with van der Waals surface area (Å²) < 4.78 is 27.7. The van der Waals surface area contributed by atoms with Crippen molar-refractivity contribution in [3.63, 3.8) is 0 Å². The molecule has 0 heterocycles. The third-order valence-corrected chi connectivity index (χ3v) is 6.21. The fourth-order valence-corrected chi connectivity index (χ4v) is 4.03. The third-order valence-electron chi connectivity index (χ3n) is 4.84. The van der Waals surface area contributed by atoms with Gasteiger partial charge in [-0.1, -0.05) is 36.4 Å². The van der Waals surface area contributed by atoms with E-state index >= 15 is 0 Å². The highest BCUT2D eigenvalue weighted by atomic mass is 32.2. The van der Waals surface area contributed by atoms with Crippen LogP contribution in [0.2, 0.25) is 0 Å². The number of carbonyl (C=O) groups is 1. The number of aryl methyl sites for hydroxylation is 2. The molecule has 6 heteroatoms. The zero-order valence-electron chi connectivity index (χ0n) is 16.6.